The summed E-state index contributed by atoms with van der Waals surface area (Å²) in [5.41, 5.74) is 0.576. The number of halogens is 1. The molecule has 1 aromatic heterocycles. The van der Waals surface area contributed by atoms with Crippen molar-refractivity contribution in [2.24, 2.45) is 5.41 Å². The van der Waals surface area contributed by atoms with Crippen LogP contribution in [0.4, 0.5) is 0 Å². The number of nitrogens with zero attached hydrogens (tertiary/aromatic N) is 1. The smallest absolute Gasteiger partial charge is 0.256 e. The zero-order valence-electron chi connectivity index (χ0n) is 9.70. The normalized spacial score (nSPS) is 16.4. The lowest BCUT2D eigenvalue weighted by molar-refractivity contribution is 0.0942. The maximum Gasteiger partial charge on any atom is 0.256 e. The number of alkyl halides is 1. The van der Waals surface area contributed by atoms with Gasteiger partial charge in [0.2, 0.25) is 5.88 Å². The first-order valence-electron chi connectivity index (χ1n) is 5.54. The number of rotatable bonds is 5. The molecule has 17 heavy (non-hydrogen) atoms. The van der Waals surface area contributed by atoms with Crippen molar-refractivity contribution >= 4 is 17.5 Å². The molecule has 0 aliphatic heterocycles. The maximum absolute atomic E-state index is 11.9. The number of pyridine rings is 1. The first kappa shape index (κ1) is 12.2. The van der Waals surface area contributed by atoms with Crippen molar-refractivity contribution in [3.8, 4) is 5.88 Å². The molecule has 1 saturated carbocycles. The van der Waals surface area contributed by atoms with Crippen LogP contribution in [0, 0.1) is 5.41 Å². The van der Waals surface area contributed by atoms with E-state index in [9.17, 15) is 4.79 Å². The van der Waals surface area contributed by atoms with Crippen LogP contribution < -0.4 is 10.1 Å². The van der Waals surface area contributed by atoms with Gasteiger partial charge in [0, 0.05) is 24.0 Å². The van der Waals surface area contributed by atoms with Gasteiger partial charge in [-0.05, 0) is 25.0 Å². The Balaban J connectivity index is 1.99. The summed E-state index contributed by atoms with van der Waals surface area (Å²) in [6.07, 6.45) is 3.76. The molecule has 1 N–H and O–H groups in total. The van der Waals surface area contributed by atoms with E-state index in [-0.39, 0.29) is 11.3 Å². The Kier molecular flexibility index (Phi) is 3.52. The fraction of sp³-hybridized carbons (Fsp3) is 0.500. The zero-order chi connectivity index (χ0) is 12.3. The lowest BCUT2D eigenvalue weighted by Crippen LogP contribution is -2.31. The van der Waals surface area contributed by atoms with E-state index in [2.05, 4.69) is 10.3 Å². The van der Waals surface area contributed by atoms with E-state index in [1.54, 1.807) is 18.3 Å². The van der Waals surface area contributed by atoms with Crippen molar-refractivity contribution in [1.29, 1.82) is 0 Å². The topological polar surface area (TPSA) is 51.2 Å². The Morgan fingerprint density at radius 3 is 3.00 bits per heavy atom. The number of ether oxygens (including phenoxy) is 1. The second-order valence-electron chi connectivity index (χ2n) is 4.38. The van der Waals surface area contributed by atoms with Crippen molar-refractivity contribution in [2.75, 3.05) is 19.5 Å². The molecule has 0 saturated heterocycles. The molecular formula is C12H15ClN2O2. The van der Waals surface area contributed by atoms with E-state index in [1.165, 1.54) is 7.11 Å². The van der Waals surface area contributed by atoms with E-state index >= 15 is 0 Å². The highest BCUT2D eigenvalue weighted by atomic mass is 35.5. The average Bonchev–Trinajstić information content (AvgIpc) is 3.16. The van der Waals surface area contributed by atoms with Crippen LogP contribution >= 0.6 is 11.6 Å². The fourth-order valence-electron chi connectivity index (χ4n) is 1.62. The average molecular weight is 255 g/mol. The minimum Gasteiger partial charge on any atom is -0.480 e. The van der Waals surface area contributed by atoms with Crippen molar-refractivity contribution < 1.29 is 9.53 Å². The van der Waals surface area contributed by atoms with Crippen molar-refractivity contribution in [1.82, 2.24) is 10.3 Å². The SMILES string of the molecule is COc1ncccc1C(=O)NCC1(CCl)CC1. The molecule has 1 aliphatic rings. The van der Waals surface area contributed by atoms with Crippen LogP contribution in [0.15, 0.2) is 18.3 Å². The third-order valence-corrected chi connectivity index (χ3v) is 3.64. The molecule has 2 rings (SSSR count). The minimum atomic E-state index is -0.161. The Morgan fingerprint density at radius 2 is 2.41 bits per heavy atom. The van der Waals surface area contributed by atoms with Gasteiger partial charge in [-0.15, -0.1) is 11.6 Å². The summed E-state index contributed by atoms with van der Waals surface area (Å²) in [5, 5.41) is 2.88. The second-order valence-corrected chi connectivity index (χ2v) is 4.64. The lowest BCUT2D eigenvalue weighted by atomic mass is 10.1. The quantitative estimate of drug-likeness (QED) is 0.816. The molecule has 0 spiro atoms. The summed E-state index contributed by atoms with van der Waals surface area (Å²) in [6, 6.07) is 3.41. The number of amides is 1. The molecule has 5 heteroatoms. The standard InChI is InChI=1S/C12H15ClN2O2/c1-17-11-9(3-2-6-14-11)10(16)15-8-12(7-13)4-5-12/h2-3,6H,4-5,7-8H2,1H3,(H,15,16). The molecule has 0 aromatic carbocycles. The zero-order valence-corrected chi connectivity index (χ0v) is 10.5. The number of aromatic nitrogens is 1. The van der Waals surface area contributed by atoms with Crippen LogP contribution in [0.1, 0.15) is 23.2 Å². The number of hydrogen-bond donors (Lipinski definition) is 1. The summed E-state index contributed by atoms with van der Waals surface area (Å²) in [4.78, 5) is 15.9. The van der Waals surface area contributed by atoms with Gasteiger partial charge < -0.3 is 10.1 Å². The van der Waals surface area contributed by atoms with Crippen molar-refractivity contribution in [2.45, 2.75) is 12.8 Å². The predicted octanol–water partition coefficient (Wildman–Crippen LogP) is 1.84. The Bertz CT molecular complexity index is 419. The van der Waals surface area contributed by atoms with E-state index < -0.39 is 0 Å². The summed E-state index contributed by atoms with van der Waals surface area (Å²) >= 11 is 5.86. The number of hydrogen-bond acceptors (Lipinski definition) is 3. The van der Waals surface area contributed by atoms with E-state index in [0.717, 1.165) is 12.8 Å². The molecule has 0 radical (unpaired) electrons. The van der Waals surface area contributed by atoms with Crippen LogP contribution in [-0.4, -0.2) is 30.4 Å². The number of carbonyl (C=O) groups excluding carboxylic acids is 1. The van der Waals surface area contributed by atoms with Crippen LogP contribution in [0.5, 0.6) is 5.88 Å². The molecule has 92 valence electrons. The molecule has 0 bridgehead atoms. The Hall–Kier alpha value is -1.29. The third-order valence-electron chi connectivity index (χ3n) is 3.07. The number of carbonyl (C=O) groups is 1. The van der Waals surface area contributed by atoms with E-state index in [1.807, 2.05) is 0 Å². The molecule has 1 aromatic rings. The minimum absolute atomic E-state index is 0.118. The van der Waals surface area contributed by atoms with Crippen LogP contribution in [-0.2, 0) is 0 Å². The van der Waals surface area contributed by atoms with E-state index in [0.29, 0.717) is 23.9 Å². The van der Waals surface area contributed by atoms with Crippen LogP contribution in [0.2, 0.25) is 0 Å². The molecule has 4 nitrogen and oxygen atoms in total. The molecule has 0 unspecified atom stereocenters. The Morgan fingerprint density at radius 1 is 1.65 bits per heavy atom. The van der Waals surface area contributed by atoms with Crippen molar-refractivity contribution in [3.05, 3.63) is 23.9 Å². The number of nitrogens with one attached hydrogen (secondary N) is 1. The summed E-state index contributed by atoms with van der Waals surface area (Å²) in [6.45, 7) is 0.618. The van der Waals surface area contributed by atoms with Gasteiger partial charge in [0.25, 0.3) is 5.91 Å². The molecule has 1 amide bonds. The van der Waals surface area contributed by atoms with Gasteiger partial charge in [-0.3, -0.25) is 4.79 Å². The van der Waals surface area contributed by atoms with Gasteiger partial charge >= 0.3 is 0 Å². The van der Waals surface area contributed by atoms with Crippen LogP contribution in [0.3, 0.4) is 0 Å². The van der Waals surface area contributed by atoms with Gasteiger partial charge in [0.05, 0.1) is 7.11 Å². The summed E-state index contributed by atoms with van der Waals surface area (Å²) in [5.74, 6) is 0.782. The van der Waals surface area contributed by atoms with Gasteiger partial charge in [0.1, 0.15) is 5.56 Å². The lowest BCUT2D eigenvalue weighted by Gasteiger charge is -2.13. The number of methoxy groups -OCH3 is 1. The first-order chi connectivity index (χ1) is 8.21. The van der Waals surface area contributed by atoms with Crippen LogP contribution in [0.25, 0.3) is 0 Å². The molecule has 1 heterocycles. The van der Waals surface area contributed by atoms with Gasteiger partial charge in [-0.1, -0.05) is 0 Å². The molecule has 1 aliphatic carbocycles. The molecule has 0 atom stereocenters. The fourth-order valence-corrected chi connectivity index (χ4v) is 1.99. The molecule has 1 fully saturated rings. The second kappa shape index (κ2) is 4.92. The monoisotopic (exact) mass is 254 g/mol. The van der Waals surface area contributed by atoms with Crippen molar-refractivity contribution in [3.63, 3.8) is 0 Å². The largest absolute Gasteiger partial charge is 0.480 e. The highest BCUT2D eigenvalue weighted by molar-refractivity contribution is 6.18. The highest BCUT2D eigenvalue weighted by Crippen LogP contribution is 2.45. The van der Waals surface area contributed by atoms with E-state index in [4.69, 9.17) is 16.3 Å². The molecular weight excluding hydrogens is 240 g/mol. The predicted molar refractivity (Wildman–Crippen MR) is 65.5 cm³/mol. The van der Waals surface area contributed by atoms with Gasteiger partial charge in [-0.25, -0.2) is 4.98 Å². The van der Waals surface area contributed by atoms with Gasteiger partial charge in [0.15, 0.2) is 0 Å². The Labute approximate surface area is 105 Å². The summed E-state index contributed by atoms with van der Waals surface area (Å²) in [7, 11) is 1.50. The highest BCUT2D eigenvalue weighted by Gasteiger charge is 2.41. The first-order valence-corrected chi connectivity index (χ1v) is 6.07. The third kappa shape index (κ3) is 2.69. The summed E-state index contributed by atoms with van der Waals surface area (Å²) < 4.78 is 5.04. The maximum atomic E-state index is 11.9. The van der Waals surface area contributed by atoms with Gasteiger partial charge in [-0.2, -0.15) is 0 Å².